The second kappa shape index (κ2) is 6.76. The molecule has 1 aromatic rings. The minimum absolute atomic E-state index is 0.00120. The van der Waals surface area contributed by atoms with E-state index < -0.39 is 12.7 Å². The molecule has 85 valence electrons. The van der Waals surface area contributed by atoms with E-state index in [9.17, 15) is 4.79 Å². The molecular weight excluding hydrogens is 208 g/mol. The largest absolute Gasteiger partial charge is 0.487 e. The zero-order valence-corrected chi connectivity index (χ0v) is 8.67. The molecule has 1 radical (unpaired) electrons. The van der Waals surface area contributed by atoms with Crippen LogP contribution in [-0.2, 0) is 9.53 Å². The van der Waals surface area contributed by atoms with Crippen LogP contribution in [0, 0.1) is 0 Å². The first-order valence-electron chi connectivity index (χ1n) is 4.83. The van der Waals surface area contributed by atoms with Crippen LogP contribution in [0.4, 0.5) is 0 Å². The molecule has 4 heteroatoms. The van der Waals surface area contributed by atoms with Gasteiger partial charge in [-0.05, 0) is 11.6 Å². The Labute approximate surface area is 93.8 Å². The maximum absolute atomic E-state index is 10.5. The first-order valence-corrected chi connectivity index (χ1v) is 4.83. The molecule has 1 rings (SSSR count). The highest BCUT2D eigenvalue weighted by molar-refractivity contribution is 5.79. The van der Waals surface area contributed by atoms with Crippen LogP contribution in [0.15, 0.2) is 36.1 Å². The summed E-state index contributed by atoms with van der Waals surface area (Å²) in [4.78, 5) is 10.5. The van der Waals surface area contributed by atoms with E-state index in [0.29, 0.717) is 0 Å². The molecule has 0 amide bonds. The molecule has 0 fully saturated rings. The molecular formula is C12H13O4. The van der Waals surface area contributed by atoms with Crippen molar-refractivity contribution in [3.05, 3.63) is 41.7 Å². The number of benzene rings is 1. The topological polar surface area (TPSA) is 66.8 Å². The fourth-order valence-electron chi connectivity index (χ4n) is 1.04. The molecule has 1 unspecified atom stereocenters. The molecule has 0 aliphatic heterocycles. The van der Waals surface area contributed by atoms with Crippen molar-refractivity contribution in [2.45, 2.75) is 6.10 Å². The maximum atomic E-state index is 10.5. The highest BCUT2D eigenvalue weighted by Gasteiger charge is 2.04. The van der Waals surface area contributed by atoms with E-state index in [2.05, 4.69) is 0 Å². The zero-order chi connectivity index (χ0) is 11.8. The summed E-state index contributed by atoms with van der Waals surface area (Å²) in [6, 6.07) is 9.14. The number of hydrogen-bond donors (Lipinski definition) is 2. The number of allylic oxidation sites excluding steroid dienone is 1. The van der Waals surface area contributed by atoms with E-state index >= 15 is 0 Å². The number of ether oxygens (including phenoxy) is 1. The molecule has 0 aliphatic rings. The van der Waals surface area contributed by atoms with Crippen LogP contribution >= 0.6 is 0 Å². The molecule has 2 N–H and O–H groups in total. The van der Waals surface area contributed by atoms with Crippen molar-refractivity contribution in [1.82, 2.24) is 0 Å². The minimum atomic E-state index is -0.993. The Bertz CT molecular complexity index is 345. The summed E-state index contributed by atoms with van der Waals surface area (Å²) in [6.45, 7) is -0.540. The highest BCUT2D eigenvalue weighted by atomic mass is 16.5. The zero-order valence-electron chi connectivity index (χ0n) is 8.67. The van der Waals surface area contributed by atoms with Crippen molar-refractivity contribution in [1.29, 1.82) is 0 Å². The average molecular weight is 221 g/mol. The first kappa shape index (κ1) is 12.4. The molecule has 4 nitrogen and oxygen atoms in total. The molecule has 0 saturated heterocycles. The lowest BCUT2D eigenvalue weighted by atomic mass is 10.2. The Hall–Kier alpha value is -1.65. The lowest BCUT2D eigenvalue weighted by Gasteiger charge is -2.08. The van der Waals surface area contributed by atoms with Crippen LogP contribution in [0.25, 0.3) is 6.08 Å². The van der Waals surface area contributed by atoms with Gasteiger partial charge in [0.25, 0.3) is 6.29 Å². The van der Waals surface area contributed by atoms with E-state index in [4.69, 9.17) is 14.9 Å². The van der Waals surface area contributed by atoms with Gasteiger partial charge in [0.2, 0.25) is 0 Å². The van der Waals surface area contributed by atoms with Gasteiger partial charge < -0.3 is 14.9 Å². The lowest BCUT2D eigenvalue weighted by molar-refractivity contribution is 0.0348. The molecule has 1 aromatic carbocycles. The van der Waals surface area contributed by atoms with Crippen LogP contribution < -0.4 is 0 Å². The predicted octanol–water partition coefficient (Wildman–Crippen LogP) is 0.507. The monoisotopic (exact) mass is 221 g/mol. The van der Waals surface area contributed by atoms with Gasteiger partial charge in [-0.3, -0.25) is 4.79 Å². The van der Waals surface area contributed by atoms with Gasteiger partial charge in [0.05, 0.1) is 6.61 Å². The number of rotatable bonds is 6. The molecule has 0 saturated carbocycles. The number of hydrogen-bond acceptors (Lipinski definition) is 4. The van der Waals surface area contributed by atoms with Gasteiger partial charge in [0.15, 0.2) is 5.76 Å². The van der Waals surface area contributed by atoms with Gasteiger partial charge in [-0.2, -0.15) is 0 Å². The van der Waals surface area contributed by atoms with E-state index in [-0.39, 0.29) is 12.4 Å². The Morgan fingerprint density at radius 2 is 2.12 bits per heavy atom. The third kappa shape index (κ3) is 4.25. The number of carbonyl (C=O) groups excluding carboxylic acids is 1. The molecule has 16 heavy (non-hydrogen) atoms. The van der Waals surface area contributed by atoms with Gasteiger partial charge in [0.1, 0.15) is 12.7 Å². The molecule has 0 aliphatic carbocycles. The third-order valence-electron chi connectivity index (χ3n) is 1.84. The normalized spacial score (nSPS) is 13.2. The smallest absolute Gasteiger partial charge is 0.271 e. The summed E-state index contributed by atoms with van der Waals surface area (Å²) in [5.74, 6) is -0.00120. The van der Waals surface area contributed by atoms with Crippen LogP contribution in [-0.4, -0.2) is 35.8 Å². The van der Waals surface area contributed by atoms with Gasteiger partial charge >= 0.3 is 0 Å². The van der Waals surface area contributed by atoms with Crippen molar-refractivity contribution in [2.75, 3.05) is 13.2 Å². The predicted molar refractivity (Wildman–Crippen MR) is 59.2 cm³/mol. The van der Waals surface area contributed by atoms with Gasteiger partial charge in [-0.25, -0.2) is 0 Å². The Kier molecular flexibility index (Phi) is 5.25. The van der Waals surface area contributed by atoms with Gasteiger partial charge in [-0.1, -0.05) is 30.3 Å². The second-order valence-electron chi connectivity index (χ2n) is 3.17. The summed E-state index contributed by atoms with van der Waals surface area (Å²) in [5, 5.41) is 17.6. The lowest BCUT2D eigenvalue weighted by Crippen LogP contribution is -2.19. The van der Waals surface area contributed by atoms with E-state index in [1.807, 2.05) is 30.3 Å². The van der Waals surface area contributed by atoms with Crippen LogP contribution in [0.5, 0.6) is 0 Å². The van der Waals surface area contributed by atoms with Crippen LogP contribution in [0.2, 0.25) is 0 Å². The fraction of sp³-hybridized carbons (Fsp3) is 0.250. The summed E-state index contributed by atoms with van der Waals surface area (Å²) < 4.78 is 4.98. The molecule has 0 heterocycles. The van der Waals surface area contributed by atoms with E-state index in [0.717, 1.165) is 5.56 Å². The summed E-state index contributed by atoms with van der Waals surface area (Å²) in [7, 11) is 0. The Balaban J connectivity index is 2.60. The Morgan fingerprint density at radius 1 is 1.44 bits per heavy atom. The van der Waals surface area contributed by atoms with Crippen molar-refractivity contribution in [2.24, 2.45) is 0 Å². The van der Waals surface area contributed by atoms with E-state index in [1.165, 1.54) is 6.08 Å². The van der Waals surface area contributed by atoms with Crippen molar-refractivity contribution in [3.63, 3.8) is 0 Å². The van der Waals surface area contributed by atoms with Crippen molar-refractivity contribution >= 4 is 12.4 Å². The molecule has 1 atom stereocenters. The average Bonchev–Trinajstić information content (AvgIpc) is 2.35. The van der Waals surface area contributed by atoms with Crippen LogP contribution in [0.3, 0.4) is 0 Å². The number of aliphatic hydroxyl groups excluding tert-OH is 2. The summed E-state index contributed by atoms with van der Waals surface area (Å²) in [5.41, 5.74) is 0.805. The SMILES string of the molecule is O=[C]C(=Cc1ccccc1)OCC(O)CO. The quantitative estimate of drug-likeness (QED) is 0.542. The van der Waals surface area contributed by atoms with Gasteiger partial charge in [0, 0.05) is 0 Å². The number of aliphatic hydroxyl groups is 2. The highest BCUT2D eigenvalue weighted by Crippen LogP contribution is 2.06. The molecule has 0 spiro atoms. The standard InChI is InChI=1S/C12H13O4/c13-7-11(15)9-16-12(8-14)6-10-4-2-1-3-5-10/h1-6,11,13,15H,7,9H2. The Morgan fingerprint density at radius 3 is 2.69 bits per heavy atom. The molecule has 0 bridgehead atoms. The van der Waals surface area contributed by atoms with Crippen molar-refractivity contribution < 1.29 is 19.7 Å². The van der Waals surface area contributed by atoms with Crippen molar-refractivity contribution in [3.8, 4) is 0 Å². The third-order valence-corrected chi connectivity index (χ3v) is 1.84. The summed E-state index contributed by atoms with van der Waals surface area (Å²) in [6.07, 6.45) is 2.14. The molecule has 0 aromatic heterocycles. The fourth-order valence-corrected chi connectivity index (χ4v) is 1.04. The van der Waals surface area contributed by atoms with E-state index in [1.54, 1.807) is 6.29 Å². The minimum Gasteiger partial charge on any atom is -0.487 e. The van der Waals surface area contributed by atoms with Gasteiger partial charge in [-0.15, -0.1) is 0 Å². The first-order chi connectivity index (χ1) is 7.76. The van der Waals surface area contributed by atoms with Crippen LogP contribution in [0.1, 0.15) is 5.56 Å². The maximum Gasteiger partial charge on any atom is 0.271 e. The summed E-state index contributed by atoms with van der Waals surface area (Å²) >= 11 is 0. The second-order valence-corrected chi connectivity index (χ2v) is 3.17.